The zero-order valence-corrected chi connectivity index (χ0v) is 14.4. The molecule has 0 saturated carbocycles. The van der Waals surface area contributed by atoms with Crippen LogP contribution < -0.4 is 10.1 Å². The summed E-state index contributed by atoms with van der Waals surface area (Å²) in [5.74, 6) is -2.89. The van der Waals surface area contributed by atoms with Gasteiger partial charge in [-0.3, -0.25) is 0 Å². The molecule has 0 aliphatic carbocycles. The lowest BCUT2D eigenvalue weighted by Crippen LogP contribution is -2.57. The summed E-state index contributed by atoms with van der Waals surface area (Å²) in [6.45, 7) is 0.977. The molecule has 1 aromatic carbocycles. The van der Waals surface area contributed by atoms with Crippen molar-refractivity contribution in [1.82, 2.24) is 10.2 Å². The van der Waals surface area contributed by atoms with Crippen LogP contribution in [0.5, 0.6) is 5.75 Å². The lowest BCUT2D eigenvalue weighted by Gasteiger charge is -2.38. The standard InChI is InChI=1S/C15H18F4N2O3.ClH/c1-8-5-20-6-9(2)21(8)15(22)23-7-11-12(16)3-10(4-13(11)17)24-14(18)19;/h3-4,8-9,14,20H,5-7H2,1-2H3;1H/t8-,9+;. The van der Waals surface area contributed by atoms with Gasteiger partial charge in [0.15, 0.2) is 0 Å². The van der Waals surface area contributed by atoms with Gasteiger partial charge in [0.1, 0.15) is 24.0 Å². The number of benzene rings is 1. The molecule has 0 radical (unpaired) electrons. The van der Waals surface area contributed by atoms with Crippen molar-refractivity contribution in [2.45, 2.75) is 39.1 Å². The Kier molecular flexibility index (Phi) is 7.75. The molecular formula is C15H19ClF4N2O3. The van der Waals surface area contributed by atoms with Crippen LogP contribution >= 0.6 is 12.4 Å². The first-order valence-electron chi connectivity index (χ1n) is 7.38. The smallest absolute Gasteiger partial charge is 0.410 e. The van der Waals surface area contributed by atoms with E-state index in [1.807, 2.05) is 13.8 Å². The molecule has 1 N–H and O–H groups in total. The molecule has 1 fully saturated rings. The van der Waals surface area contributed by atoms with Crippen LogP contribution in [0.15, 0.2) is 12.1 Å². The van der Waals surface area contributed by atoms with Crippen molar-refractivity contribution in [2.24, 2.45) is 0 Å². The fourth-order valence-corrected chi connectivity index (χ4v) is 2.59. The Morgan fingerprint density at radius 3 is 2.24 bits per heavy atom. The average molecular weight is 387 g/mol. The van der Waals surface area contributed by atoms with Crippen molar-refractivity contribution in [3.05, 3.63) is 29.3 Å². The number of rotatable bonds is 4. The maximum Gasteiger partial charge on any atom is 0.410 e. The number of hydrogen-bond donors (Lipinski definition) is 1. The van der Waals surface area contributed by atoms with Crippen molar-refractivity contribution < 1.29 is 31.8 Å². The van der Waals surface area contributed by atoms with Gasteiger partial charge in [0, 0.05) is 37.3 Å². The number of halogens is 5. The van der Waals surface area contributed by atoms with Gasteiger partial charge in [0.05, 0.1) is 5.56 Å². The first kappa shape index (κ1) is 21.3. The van der Waals surface area contributed by atoms with Crippen molar-refractivity contribution in [2.75, 3.05) is 13.1 Å². The molecule has 1 aliphatic heterocycles. The molecule has 2 rings (SSSR count). The van der Waals surface area contributed by atoms with Gasteiger partial charge in [-0.2, -0.15) is 8.78 Å². The van der Waals surface area contributed by atoms with Crippen LogP contribution in [0.2, 0.25) is 0 Å². The highest BCUT2D eigenvalue weighted by Crippen LogP contribution is 2.23. The van der Waals surface area contributed by atoms with Gasteiger partial charge in [-0.05, 0) is 13.8 Å². The highest BCUT2D eigenvalue weighted by Gasteiger charge is 2.30. The van der Waals surface area contributed by atoms with Gasteiger partial charge in [-0.1, -0.05) is 0 Å². The van der Waals surface area contributed by atoms with Gasteiger partial charge in [0.2, 0.25) is 0 Å². The number of carbonyl (C=O) groups excluding carboxylic acids is 1. The molecule has 142 valence electrons. The molecule has 1 saturated heterocycles. The normalized spacial score (nSPS) is 20.2. The van der Waals surface area contributed by atoms with E-state index in [4.69, 9.17) is 4.74 Å². The van der Waals surface area contributed by atoms with E-state index in [1.54, 1.807) is 0 Å². The predicted molar refractivity (Wildman–Crippen MR) is 84.1 cm³/mol. The van der Waals surface area contributed by atoms with Crippen LogP contribution in [0.1, 0.15) is 19.4 Å². The number of piperazine rings is 1. The number of nitrogens with zero attached hydrogens (tertiary/aromatic N) is 1. The minimum absolute atomic E-state index is 0. The molecule has 0 aromatic heterocycles. The minimum atomic E-state index is -3.19. The summed E-state index contributed by atoms with van der Waals surface area (Å²) in [5, 5.41) is 3.14. The fraction of sp³-hybridized carbons (Fsp3) is 0.533. The molecule has 0 unspecified atom stereocenters. The molecule has 25 heavy (non-hydrogen) atoms. The van der Waals surface area contributed by atoms with Crippen molar-refractivity contribution in [3.8, 4) is 5.75 Å². The first-order valence-corrected chi connectivity index (χ1v) is 7.38. The van der Waals surface area contributed by atoms with E-state index < -0.39 is 42.3 Å². The molecule has 1 aromatic rings. The highest BCUT2D eigenvalue weighted by atomic mass is 35.5. The number of alkyl halides is 2. The number of nitrogens with one attached hydrogen (secondary N) is 1. The summed E-state index contributed by atoms with van der Waals surface area (Å²) < 4.78 is 60.7. The first-order chi connectivity index (χ1) is 11.3. The van der Waals surface area contributed by atoms with Crippen LogP contribution in [-0.4, -0.2) is 42.8 Å². The lowest BCUT2D eigenvalue weighted by molar-refractivity contribution is -0.0501. The Balaban J connectivity index is 0.00000312. The summed E-state index contributed by atoms with van der Waals surface area (Å²) in [4.78, 5) is 13.6. The van der Waals surface area contributed by atoms with E-state index >= 15 is 0 Å². The molecule has 1 amide bonds. The fourth-order valence-electron chi connectivity index (χ4n) is 2.59. The van der Waals surface area contributed by atoms with E-state index in [2.05, 4.69) is 10.1 Å². The number of amides is 1. The van der Waals surface area contributed by atoms with E-state index in [0.29, 0.717) is 25.2 Å². The largest absolute Gasteiger partial charge is 0.444 e. The number of hydrogen-bond acceptors (Lipinski definition) is 4. The summed E-state index contributed by atoms with van der Waals surface area (Å²) in [6, 6.07) is 0.985. The third kappa shape index (κ3) is 5.37. The topological polar surface area (TPSA) is 50.8 Å². The molecule has 0 bridgehead atoms. The van der Waals surface area contributed by atoms with Gasteiger partial charge in [-0.15, -0.1) is 12.4 Å². The predicted octanol–water partition coefficient (Wildman–Crippen LogP) is 3.31. The zero-order chi connectivity index (χ0) is 17.9. The summed E-state index contributed by atoms with van der Waals surface area (Å²) >= 11 is 0. The number of ether oxygens (including phenoxy) is 2. The van der Waals surface area contributed by atoms with Crippen LogP contribution in [-0.2, 0) is 11.3 Å². The molecule has 2 atom stereocenters. The SMILES string of the molecule is C[C@@H]1CNC[C@H](C)N1C(=O)OCc1c(F)cc(OC(F)F)cc1F.Cl. The van der Waals surface area contributed by atoms with Gasteiger partial charge >= 0.3 is 12.7 Å². The summed E-state index contributed by atoms with van der Waals surface area (Å²) in [5.41, 5.74) is -0.527. The summed E-state index contributed by atoms with van der Waals surface area (Å²) in [6.07, 6.45) is -0.691. The Morgan fingerprint density at radius 1 is 1.24 bits per heavy atom. The second-order valence-corrected chi connectivity index (χ2v) is 5.56. The van der Waals surface area contributed by atoms with E-state index in [1.165, 1.54) is 4.90 Å². The molecule has 10 heteroatoms. The Morgan fingerprint density at radius 2 is 1.76 bits per heavy atom. The second-order valence-electron chi connectivity index (χ2n) is 5.56. The van der Waals surface area contributed by atoms with Gasteiger partial charge in [0.25, 0.3) is 0 Å². The molecule has 0 spiro atoms. The van der Waals surface area contributed by atoms with E-state index in [-0.39, 0.29) is 24.5 Å². The third-order valence-electron chi connectivity index (χ3n) is 3.72. The minimum Gasteiger partial charge on any atom is -0.444 e. The average Bonchev–Trinajstić information content (AvgIpc) is 2.45. The van der Waals surface area contributed by atoms with Crippen LogP contribution in [0.4, 0.5) is 22.4 Å². The van der Waals surface area contributed by atoms with Gasteiger partial charge < -0.3 is 19.7 Å². The van der Waals surface area contributed by atoms with Crippen molar-refractivity contribution in [3.63, 3.8) is 0 Å². The Bertz CT molecular complexity index is 573. The number of carbonyl (C=O) groups is 1. The molecule has 5 nitrogen and oxygen atoms in total. The summed E-state index contributed by atoms with van der Waals surface area (Å²) in [7, 11) is 0. The molecule has 1 heterocycles. The highest BCUT2D eigenvalue weighted by molar-refractivity contribution is 5.85. The van der Waals surface area contributed by atoms with Crippen molar-refractivity contribution in [1.29, 1.82) is 0 Å². The third-order valence-corrected chi connectivity index (χ3v) is 3.72. The van der Waals surface area contributed by atoms with Crippen LogP contribution in [0.25, 0.3) is 0 Å². The Hall–Kier alpha value is -1.74. The second kappa shape index (κ2) is 9.10. The quantitative estimate of drug-likeness (QED) is 0.807. The van der Waals surface area contributed by atoms with Crippen LogP contribution in [0, 0.1) is 11.6 Å². The zero-order valence-electron chi connectivity index (χ0n) is 13.6. The van der Waals surface area contributed by atoms with Crippen LogP contribution in [0.3, 0.4) is 0 Å². The Labute approximate surface area is 148 Å². The maximum atomic E-state index is 13.8. The van der Waals surface area contributed by atoms with E-state index in [0.717, 1.165) is 0 Å². The van der Waals surface area contributed by atoms with Crippen molar-refractivity contribution >= 4 is 18.5 Å². The molecular weight excluding hydrogens is 368 g/mol. The maximum absolute atomic E-state index is 13.8. The van der Waals surface area contributed by atoms with E-state index in [9.17, 15) is 22.4 Å². The van der Waals surface area contributed by atoms with Gasteiger partial charge in [-0.25, -0.2) is 13.6 Å². The molecule has 1 aliphatic rings. The lowest BCUT2D eigenvalue weighted by atomic mass is 10.1. The monoisotopic (exact) mass is 386 g/mol.